The SMILES string of the molecule is O=c1[nH]c(CCl)cc(C(F)(F)F)c1OC(F)(F)F. The second kappa shape index (κ2) is 4.71. The number of ether oxygens (including phenoxy) is 1. The number of pyridine rings is 1. The molecule has 0 aromatic carbocycles. The maximum atomic E-state index is 12.5. The Balaban J connectivity index is 3.44. The van der Waals surface area contributed by atoms with Crippen molar-refractivity contribution in [1.82, 2.24) is 4.98 Å². The topological polar surface area (TPSA) is 42.1 Å². The summed E-state index contributed by atoms with van der Waals surface area (Å²) < 4.78 is 76.2. The molecule has 0 radical (unpaired) electrons. The number of aromatic amines is 1. The number of nitrogens with one attached hydrogen (secondary N) is 1. The fraction of sp³-hybridized carbons (Fsp3) is 0.375. The molecule has 0 aliphatic carbocycles. The van der Waals surface area contributed by atoms with Crippen LogP contribution in [0.3, 0.4) is 0 Å². The summed E-state index contributed by atoms with van der Waals surface area (Å²) >= 11 is 5.21. The third-order valence-electron chi connectivity index (χ3n) is 1.71. The van der Waals surface area contributed by atoms with E-state index in [-0.39, 0.29) is 11.8 Å². The van der Waals surface area contributed by atoms with Crippen molar-refractivity contribution in [2.24, 2.45) is 0 Å². The summed E-state index contributed by atoms with van der Waals surface area (Å²) in [5.74, 6) is -2.35. The van der Waals surface area contributed by atoms with Gasteiger partial charge in [0.05, 0.1) is 5.88 Å². The van der Waals surface area contributed by atoms with Gasteiger partial charge in [-0.1, -0.05) is 0 Å². The molecule has 1 heterocycles. The van der Waals surface area contributed by atoms with Crippen molar-refractivity contribution >= 4 is 11.6 Å². The standard InChI is InChI=1S/C8H4ClF6NO2/c9-2-3-1-4(7(10,11)12)5(6(17)16-3)18-8(13,14)15/h1H,2H2,(H,16,17). The third kappa shape index (κ3) is 3.56. The Bertz CT molecular complexity index is 492. The summed E-state index contributed by atoms with van der Waals surface area (Å²) in [7, 11) is 0. The average molecular weight is 296 g/mol. The number of hydrogen-bond donors (Lipinski definition) is 1. The van der Waals surface area contributed by atoms with E-state index in [1.54, 1.807) is 4.98 Å². The average Bonchev–Trinajstić information content (AvgIpc) is 2.17. The van der Waals surface area contributed by atoms with Crippen LogP contribution in [0.15, 0.2) is 10.9 Å². The molecule has 0 bridgehead atoms. The van der Waals surface area contributed by atoms with E-state index in [1.807, 2.05) is 0 Å². The summed E-state index contributed by atoms with van der Waals surface area (Å²) in [5.41, 5.74) is -3.86. The second-order valence-electron chi connectivity index (χ2n) is 3.05. The highest BCUT2D eigenvalue weighted by Gasteiger charge is 2.41. The second-order valence-corrected chi connectivity index (χ2v) is 3.31. The monoisotopic (exact) mass is 295 g/mol. The maximum Gasteiger partial charge on any atom is 0.573 e. The fourth-order valence-electron chi connectivity index (χ4n) is 1.10. The molecular formula is C8H4ClF6NO2. The highest BCUT2D eigenvalue weighted by Crippen LogP contribution is 2.36. The van der Waals surface area contributed by atoms with Gasteiger partial charge in [0.1, 0.15) is 5.56 Å². The molecule has 0 fully saturated rings. The molecule has 0 aliphatic heterocycles. The Morgan fingerprint density at radius 3 is 2.17 bits per heavy atom. The quantitative estimate of drug-likeness (QED) is 0.673. The van der Waals surface area contributed by atoms with E-state index in [2.05, 4.69) is 4.74 Å². The van der Waals surface area contributed by atoms with Gasteiger partial charge >= 0.3 is 12.5 Å². The highest BCUT2D eigenvalue weighted by atomic mass is 35.5. The Kier molecular flexibility index (Phi) is 3.84. The van der Waals surface area contributed by atoms with E-state index in [4.69, 9.17) is 11.6 Å². The van der Waals surface area contributed by atoms with Crippen molar-refractivity contribution in [2.75, 3.05) is 0 Å². The van der Waals surface area contributed by atoms with Gasteiger partial charge in [0.25, 0.3) is 5.56 Å². The van der Waals surface area contributed by atoms with Gasteiger partial charge < -0.3 is 9.72 Å². The number of alkyl halides is 7. The van der Waals surface area contributed by atoms with Crippen LogP contribution in [0.25, 0.3) is 0 Å². The van der Waals surface area contributed by atoms with E-state index in [0.717, 1.165) is 0 Å². The van der Waals surface area contributed by atoms with Crippen LogP contribution in [0.4, 0.5) is 26.3 Å². The van der Waals surface area contributed by atoms with Gasteiger partial charge in [0.15, 0.2) is 0 Å². The van der Waals surface area contributed by atoms with Crippen molar-refractivity contribution in [2.45, 2.75) is 18.4 Å². The number of hydrogen-bond acceptors (Lipinski definition) is 2. The minimum Gasteiger partial charge on any atom is -0.399 e. The number of aromatic nitrogens is 1. The lowest BCUT2D eigenvalue weighted by Gasteiger charge is -2.15. The molecule has 0 amide bonds. The lowest BCUT2D eigenvalue weighted by molar-refractivity contribution is -0.276. The molecule has 0 aliphatic rings. The van der Waals surface area contributed by atoms with Crippen LogP contribution in [0.1, 0.15) is 11.3 Å². The van der Waals surface area contributed by atoms with Gasteiger partial charge in [-0.25, -0.2) is 0 Å². The molecule has 0 unspecified atom stereocenters. The summed E-state index contributed by atoms with van der Waals surface area (Å²) in [6.07, 6.45) is -10.6. The van der Waals surface area contributed by atoms with Gasteiger partial charge in [0, 0.05) is 5.69 Å². The van der Waals surface area contributed by atoms with Crippen LogP contribution >= 0.6 is 11.6 Å². The summed E-state index contributed by atoms with van der Waals surface area (Å²) in [6.45, 7) is 0. The first kappa shape index (κ1) is 14.7. The third-order valence-corrected chi connectivity index (χ3v) is 2.00. The van der Waals surface area contributed by atoms with E-state index in [0.29, 0.717) is 0 Å². The van der Waals surface area contributed by atoms with Crippen LogP contribution in [0.5, 0.6) is 5.75 Å². The largest absolute Gasteiger partial charge is 0.573 e. The zero-order chi connectivity index (χ0) is 14.1. The van der Waals surface area contributed by atoms with Crippen LogP contribution in [0.2, 0.25) is 0 Å². The summed E-state index contributed by atoms with van der Waals surface area (Å²) in [4.78, 5) is 12.9. The molecule has 0 spiro atoms. The Morgan fingerprint density at radius 2 is 1.78 bits per heavy atom. The number of halogens is 7. The molecule has 0 saturated heterocycles. The normalized spacial score (nSPS) is 12.6. The molecule has 1 rings (SSSR count). The van der Waals surface area contributed by atoms with E-state index in [9.17, 15) is 31.1 Å². The van der Waals surface area contributed by atoms with E-state index >= 15 is 0 Å². The molecule has 1 aromatic rings. The fourth-order valence-corrected chi connectivity index (χ4v) is 1.24. The van der Waals surface area contributed by atoms with Crippen LogP contribution in [-0.2, 0) is 12.1 Å². The lowest BCUT2D eigenvalue weighted by atomic mass is 10.2. The van der Waals surface area contributed by atoms with Crippen LogP contribution < -0.4 is 10.3 Å². The van der Waals surface area contributed by atoms with Gasteiger partial charge in [-0.2, -0.15) is 13.2 Å². The van der Waals surface area contributed by atoms with Crippen LogP contribution in [0, 0.1) is 0 Å². The zero-order valence-corrected chi connectivity index (χ0v) is 9.00. The van der Waals surface area contributed by atoms with Crippen molar-refractivity contribution in [3.05, 3.63) is 27.7 Å². The number of H-pyrrole nitrogens is 1. The molecule has 3 nitrogen and oxygen atoms in total. The van der Waals surface area contributed by atoms with Gasteiger partial charge in [0.2, 0.25) is 5.75 Å². The van der Waals surface area contributed by atoms with E-state index < -0.39 is 35.3 Å². The smallest absolute Gasteiger partial charge is 0.399 e. The molecule has 1 aromatic heterocycles. The molecule has 10 heteroatoms. The minimum atomic E-state index is -5.41. The van der Waals surface area contributed by atoms with E-state index in [1.165, 1.54) is 0 Å². The van der Waals surface area contributed by atoms with Crippen molar-refractivity contribution in [3.8, 4) is 5.75 Å². The predicted octanol–water partition coefficient (Wildman–Crippen LogP) is 3.03. The first-order valence-corrected chi connectivity index (χ1v) is 4.73. The zero-order valence-electron chi connectivity index (χ0n) is 8.25. The van der Waals surface area contributed by atoms with Crippen LogP contribution in [-0.4, -0.2) is 11.3 Å². The first-order chi connectivity index (χ1) is 8.04. The molecular weight excluding hydrogens is 292 g/mol. The number of rotatable bonds is 2. The summed E-state index contributed by atoms with van der Waals surface area (Å²) in [6, 6.07) is 0.287. The molecule has 18 heavy (non-hydrogen) atoms. The molecule has 1 N–H and O–H groups in total. The van der Waals surface area contributed by atoms with Gasteiger partial charge in [-0.3, -0.25) is 4.79 Å². The molecule has 102 valence electrons. The summed E-state index contributed by atoms with van der Waals surface area (Å²) in [5, 5.41) is 0. The maximum absolute atomic E-state index is 12.5. The highest BCUT2D eigenvalue weighted by molar-refractivity contribution is 6.16. The molecule has 0 saturated carbocycles. The van der Waals surface area contributed by atoms with Crippen molar-refractivity contribution < 1.29 is 31.1 Å². The lowest BCUT2D eigenvalue weighted by Crippen LogP contribution is -2.27. The van der Waals surface area contributed by atoms with Crippen molar-refractivity contribution in [1.29, 1.82) is 0 Å². The Morgan fingerprint density at radius 1 is 1.22 bits per heavy atom. The van der Waals surface area contributed by atoms with Crippen molar-refractivity contribution in [3.63, 3.8) is 0 Å². The van der Waals surface area contributed by atoms with Gasteiger partial charge in [-0.05, 0) is 6.07 Å². The predicted molar refractivity (Wildman–Crippen MR) is 48.3 cm³/mol. The first-order valence-electron chi connectivity index (χ1n) is 4.19. The van der Waals surface area contributed by atoms with Gasteiger partial charge in [-0.15, -0.1) is 24.8 Å². The molecule has 0 atom stereocenters. The minimum absolute atomic E-state index is 0.287. The Hall–Kier alpha value is -1.38. The Labute approximate surface area is 100 Å².